The number of nitrogens with two attached hydrogens (primary N) is 1. The van der Waals surface area contributed by atoms with Crippen molar-refractivity contribution in [3.63, 3.8) is 0 Å². The van der Waals surface area contributed by atoms with Crippen LogP contribution in [0.4, 0.5) is 5.82 Å². The highest BCUT2D eigenvalue weighted by Crippen LogP contribution is 2.36. The maximum Gasteiger partial charge on any atom is 0.161 e. The largest absolute Gasteiger partial charge is 0.493 e. The fraction of sp³-hybridized carbons (Fsp3) is 0.0769. The highest BCUT2D eigenvalue weighted by molar-refractivity contribution is 5.81. The van der Waals surface area contributed by atoms with Crippen LogP contribution in [0.2, 0.25) is 0 Å². The number of hydrogen-bond donors (Lipinski definition) is 1. The van der Waals surface area contributed by atoms with Crippen LogP contribution in [-0.2, 0) is 0 Å². The summed E-state index contributed by atoms with van der Waals surface area (Å²) >= 11 is 0. The molecule has 0 unspecified atom stereocenters. The highest BCUT2D eigenvalue weighted by Gasteiger charge is 2.15. The first kappa shape index (κ1) is 20.8. The molecule has 1 aromatic heterocycles. The third-order valence-corrected chi connectivity index (χ3v) is 4.96. The number of nitrogen functional groups attached to an aromatic ring is 1. The zero-order valence-corrected chi connectivity index (χ0v) is 17.7. The molecule has 0 fully saturated rings. The average molecular weight is 423 g/mol. The molecule has 3 aromatic carbocycles. The zero-order chi connectivity index (χ0) is 22.5. The number of nitrogens with zero attached hydrogens (tertiary/aromatic N) is 2. The molecule has 2 N–H and O–H groups in total. The molecule has 0 aliphatic rings. The minimum atomic E-state index is 0.157. The molecule has 0 saturated heterocycles. The molecule has 0 spiro atoms. The molecule has 1 heterocycles. The van der Waals surface area contributed by atoms with E-state index < -0.39 is 0 Å². The Morgan fingerprint density at radius 1 is 0.781 bits per heavy atom. The van der Waals surface area contributed by atoms with Crippen LogP contribution in [0.25, 0.3) is 22.4 Å². The van der Waals surface area contributed by atoms with E-state index in [0.29, 0.717) is 34.1 Å². The second-order valence-corrected chi connectivity index (χ2v) is 6.94. The number of anilines is 1. The van der Waals surface area contributed by atoms with E-state index in [1.165, 1.54) is 0 Å². The van der Waals surface area contributed by atoms with E-state index in [2.05, 4.69) is 11.1 Å². The van der Waals surface area contributed by atoms with Crippen molar-refractivity contribution < 1.29 is 14.2 Å². The molecule has 0 amide bonds. The first-order valence-corrected chi connectivity index (χ1v) is 9.89. The van der Waals surface area contributed by atoms with Crippen LogP contribution in [0, 0.1) is 11.3 Å². The van der Waals surface area contributed by atoms with Gasteiger partial charge >= 0.3 is 0 Å². The van der Waals surface area contributed by atoms with Crippen molar-refractivity contribution in [1.82, 2.24) is 4.98 Å². The van der Waals surface area contributed by atoms with Gasteiger partial charge in [0.25, 0.3) is 0 Å². The molecule has 0 atom stereocenters. The quantitative estimate of drug-likeness (QED) is 0.429. The topological polar surface area (TPSA) is 90.4 Å². The Labute approximate surface area is 186 Å². The van der Waals surface area contributed by atoms with Crippen molar-refractivity contribution in [2.75, 3.05) is 20.0 Å². The van der Waals surface area contributed by atoms with Crippen molar-refractivity contribution >= 4 is 5.82 Å². The molecule has 32 heavy (non-hydrogen) atoms. The molecule has 0 saturated carbocycles. The fourth-order valence-corrected chi connectivity index (χ4v) is 3.41. The Morgan fingerprint density at radius 3 is 2.25 bits per heavy atom. The predicted octanol–water partition coefficient (Wildman–Crippen LogP) is 5.68. The summed E-state index contributed by atoms with van der Waals surface area (Å²) in [6, 6.07) is 26.6. The first-order valence-electron chi connectivity index (χ1n) is 9.89. The molecule has 4 rings (SSSR count). The number of benzene rings is 3. The molecule has 0 radical (unpaired) electrons. The van der Waals surface area contributed by atoms with Crippen LogP contribution in [0.15, 0.2) is 78.9 Å². The number of pyridine rings is 1. The van der Waals surface area contributed by atoms with Gasteiger partial charge < -0.3 is 19.9 Å². The van der Waals surface area contributed by atoms with Crippen LogP contribution in [0.3, 0.4) is 0 Å². The number of hydrogen-bond acceptors (Lipinski definition) is 6. The number of methoxy groups -OCH3 is 2. The minimum Gasteiger partial charge on any atom is -0.493 e. The molecule has 6 nitrogen and oxygen atoms in total. The average Bonchev–Trinajstić information content (AvgIpc) is 2.84. The number of nitriles is 1. The van der Waals surface area contributed by atoms with E-state index in [0.717, 1.165) is 16.9 Å². The van der Waals surface area contributed by atoms with Crippen LogP contribution in [0.5, 0.6) is 23.0 Å². The molecule has 4 aromatic rings. The minimum absolute atomic E-state index is 0.157. The van der Waals surface area contributed by atoms with Crippen molar-refractivity contribution in [2.24, 2.45) is 0 Å². The maximum atomic E-state index is 9.74. The predicted molar refractivity (Wildman–Crippen MR) is 124 cm³/mol. The summed E-state index contributed by atoms with van der Waals surface area (Å²) in [4.78, 5) is 4.45. The first-order chi connectivity index (χ1) is 15.6. The van der Waals surface area contributed by atoms with E-state index in [1.807, 2.05) is 72.8 Å². The lowest BCUT2D eigenvalue weighted by Gasteiger charge is -2.13. The van der Waals surface area contributed by atoms with Gasteiger partial charge in [-0.2, -0.15) is 5.26 Å². The van der Waals surface area contributed by atoms with Gasteiger partial charge in [0.1, 0.15) is 28.9 Å². The fourth-order valence-electron chi connectivity index (χ4n) is 3.41. The Bertz CT molecular complexity index is 1300. The lowest BCUT2D eigenvalue weighted by molar-refractivity contribution is 0.355. The second kappa shape index (κ2) is 9.11. The summed E-state index contributed by atoms with van der Waals surface area (Å²) in [5, 5.41) is 9.74. The monoisotopic (exact) mass is 423 g/mol. The van der Waals surface area contributed by atoms with Gasteiger partial charge in [-0.05, 0) is 54.1 Å². The van der Waals surface area contributed by atoms with Crippen molar-refractivity contribution in [3.8, 4) is 51.5 Å². The second-order valence-electron chi connectivity index (χ2n) is 6.94. The van der Waals surface area contributed by atoms with Crippen molar-refractivity contribution in [1.29, 1.82) is 5.26 Å². The standard InChI is InChI=1S/C26H21N3O3/c1-30-24-12-11-18(14-25(24)31-2)23-15-21(22(16-27)26(28)29-23)17-7-6-10-20(13-17)32-19-8-4-3-5-9-19/h3-15H,1-2H3,(H2,28,29). The molecular formula is C26H21N3O3. The molecule has 0 aliphatic carbocycles. The maximum absolute atomic E-state index is 9.74. The number of aromatic nitrogens is 1. The van der Waals surface area contributed by atoms with E-state index in [-0.39, 0.29) is 5.82 Å². The molecule has 158 valence electrons. The number of para-hydroxylation sites is 1. The van der Waals surface area contributed by atoms with Gasteiger partial charge in [0.15, 0.2) is 11.5 Å². The summed E-state index contributed by atoms with van der Waals surface area (Å²) in [5.74, 6) is 2.73. The third-order valence-electron chi connectivity index (χ3n) is 4.96. The molecule has 0 aliphatic heterocycles. The molecular weight excluding hydrogens is 402 g/mol. The van der Waals surface area contributed by atoms with Crippen LogP contribution < -0.4 is 19.9 Å². The summed E-state index contributed by atoms with van der Waals surface area (Å²) < 4.78 is 16.7. The smallest absolute Gasteiger partial charge is 0.161 e. The third kappa shape index (κ3) is 4.18. The van der Waals surface area contributed by atoms with Crippen LogP contribution >= 0.6 is 0 Å². The van der Waals surface area contributed by atoms with E-state index in [9.17, 15) is 5.26 Å². The Balaban J connectivity index is 1.79. The Kier molecular flexibility index (Phi) is 5.91. The van der Waals surface area contributed by atoms with Gasteiger partial charge in [0.2, 0.25) is 0 Å². The van der Waals surface area contributed by atoms with Gasteiger partial charge in [-0.15, -0.1) is 0 Å². The number of rotatable bonds is 6. The van der Waals surface area contributed by atoms with Gasteiger partial charge in [-0.3, -0.25) is 0 Å². The van der Waals surface area contributed by atoms with Gasteiger partial charge in [0, 0.05) is 11.1 Å². The van der Waals surface area contributed by atoms with E-state index in [4.69, 9.17) is 19.9 Å². The lowest BCUT2D eigenvalue weighted by Crippen LogP contribution is -2.00. The normalized spacial score (nSPS) is 10.3. The van der Waals surface area contributed by atoms with E-state index in [1.54, 1.807) is 20.3 Å². The van der Waals surface area contributed by atoms with Crippen LogP contribution in [0.1, 0.15) is 5.56 Å². The van der Waals surface area contributed by atoms with Gasteiger partial charge in [-0.1, -0.05) is 30.3 Å². The number of ether oxygens (including phenoxy) is 3. The Hall–Kier alpha value is -4.50. The summed E-state index contributed by atoms with van der Waals surface area (Å²) in [5.41, 5.74) is 9.36. The highest BCUT2D eigenvalue weighted by atomic mass is 16.5. The van der Waals surface area contributed by atoms with Gasteiger partial charge in [0.05, 0.1) is 19.9 Å². The SMILES string of the molecule is COc1ccc(-c2cc(-c3cccc(Oc4ccccc4)c3)c(C#N)c(N)n2)cc1OC. The van der Waals surface area contributed by atoms with Gasteiger partial charge in [-0.25, -0.2) is 4.98 Å². The molecule has 6 heteroatoms. The van der Waals surface area contributed by atoms with Crippen LogP contribution in [-0.4, -0.2) is 19.2 Å². The zero-order valence-electron chi connectivity index (χ0n) is 17.7. The molecule has 0 bridgehead atoms. The summed E-state index contributed by atoms with van der Waals surface area (Å²) in [7, 11) is 3.16. The van der Waals surface area contributed by atoms with E-state index >= 15 is 0 Å². The lowest BCUT2D eigenvalue weighted by atomic mass is 9.98. The van der Waals surface area contributed by atoms with Crippen molar-refractivity contribution in [3.05, 3.63) is 84.4 Å². The Morgan fingerprint density at radius 2 is 1.53 bits per heavy atom. The van der Waals surface area contributed by atoms with Crippen molar-refractivity contribution in [2.45, 2.75) is 0 Å². The summed E-state index contributed by atoms with van der Waals surface area (Å²) in [6.45, 7) is 0. The summed E-state index contributed by atoms with van der Waals surface area (Å²) in [6.07, 6.45) is 0.